The maximum Gasteiger partial charge on any atom is 0.308 e. The van der Waals surface area contributed by atoms with E-state index in [9.17, 15) is 4.79 Å². The highest BCUT2D eigenvalue weighted by atomic mass is 32.2. The summed E-state index contributed by atoms with van der Waals surface area (Å²) in [5, 5.41) is 2.28. The molecule has 2 fully saturated rings. The number of rotatable bonds is 13. The fraction of sp³-hybridized carbons (Fsp3) is 0.553. The number of hydrogen-bond acceptors (Lipinski definition) is 11. The Morgan fingerprint density at radius 3 is 2.41 bits per heavy atom. The first kappa shape index (κ1) is 44.2. The van der Waals surface area contributed by atoms with Crippen LogP contribution in [0.4, 0.5) is 0 Å². The minimum absolute atomic E-state index is 0.0195. The fourth-order valence-corrected chi connectivity index (χ4v) is 10.3. The topological polar surface area (TPSA) is 100 Å². The number of fused-ring (bicyclic) bond motifs is 3. The van der Waals surface area contributed by atoms with Gasteiger partial charge in [-0.05, 0) is 72.4 Å². The molecule has 0 bridgehead atoms. The summed E-state index contributed by atoms with van der Waals surface area (Å²) in [6.45, 7) is 14.4. The maximum absolute atomic E-state index is 12.9. The molecule has 4 aliphatic rings. The molecule has 59 heavy (non-hydrogen) atoms. The van der Waals surface area contributed by atoms with Crippen LogP contribution in [0.3, 0.4) is 0 Å². The molecule has 3 aromatic rings. The van der Waals surface area contributed by atoms with Gasteiger partial charge in [0.25, 0.3) is 0 Å². The average Bonchev–Trinajstić information content (AvgIpc) is 3.45. The van der Waals surface area contributed by atoms with Gasteiger partial charge in [0.15, 0.2) is 14.6 Å². The van der Waals surface area contributed by atoms with Crippen molar-refractivity contribution in [2.75, 3.05) is 20.3 Å². The van der Waals surface area contributed by atoms with E-state index in [1.165, 1.54) is 17.9 Å². The number of esters is 1. The van der Waals surface area contributed by atoms with Gasteiger partial charge in [-0.25, -0.2) is 0 Å². The van der Waals surface area contributed by atoms with Crippen LogP contribution in [0, 0.1) is 0 Å². The number of thioether (sulfide) groups is 1. The molecule has 0 saturated carbocycles. The third kappa shape index (κ3) is 11.3. The normalized spacial score (nSPS) is 31.2. The zero-order chi connectivity index (χ0) is 41.6. The van der Waals surface area contributed by atoms with Crippen LogP contribution in [0.25, 0.3) is 10.8 Å². The summed E-state index contributed by atoms with van der Waals surface area (Å²) >= 11 is 1.63. The summed E-state index contributed by atoms with van der Waals surface area (Å²) in [5.41, 5.74) is 0.658. The molecular formula is C47H62O10SSi. The molecule has 0 radical (unpaired) electrons. The summed E-state index contributed by atoms with van der Waals surface area (Å²) in [4.78, 5) is 14.0. The zero-order valence-electron chi connectivity index (χ0n) is 35.5. The van der Waals surface area contributed by atoms with Crippen LogP contribution in [0.15, 0.2) is 102 Å². The van der Waals surface area contributed by atoms with Crippen LogP contribution in [-0.2, 0) is 53.7 Å². The Bertz CT molecular complexity index is 1880. The van der Waals surface area contributed by atoms with Gasteiger partial charge in [-0.15, -0.1) is 0 Å². The van der Waals surface area contributed by atoms with Gasteiger partial charge in [0.05, 0.1) is 57.8 Å². The van der Waals surface area contributed by atoms with E-state index in [1.54, 1.807) is 11.8 Å². The Morgan fingerprint density at radius 1 is 0.864 bits per heavy atom. The van der Waals surface area contributed by atoms with E-state index in [2.05, 4.69) is 107 Å². The number of carbonyl (C=O) groups is 1. The average molecular weight is 847 g/mol. The van der Waals surface area contributed by atoms with E-state index in [1.807, 2.05) is 31.2 Å². The van der Waals surface area contributed by atoms with E-state index >= 15 is 0 Å². The van der Waals surface area contributed by atoms with Gasteiger partial charge in [-0.2, -0.15) is 0 Å². The van der Waals surface area contributed by atoms with E-state index < -0.39 is 50.4 Å². The molecule has 3 aromatic carbocycles. The van der Waals surface area contributed by atoms with Gasteiger partial charge in [-0.1, -0.05) is 111 Å². The van der Waals surface area contributed by atoms with Crippen molar-refractivity contribution < 1.29 is 47.1 Å². The van der Waals surface area contributed by atoms with Crippen molar-refractivity contribution in [3.05, 3.63) is 103 Å². The molecule has 12 heteroatoms. The second-order valence-electron chi connectivity index (χ2n) is 17.4. The quantitative estimate of drug-likeness (QED) is 0.0542. The number of methoxy groups -OCH3 is 1. The SMILES string of the molecule is COC(=O)C[C@@H]1O[C@@H]2CO[C@@H](C)O[C@H]2/C=C\C[C@H]1OC(C[C@H]1O[C@H]2CC=CCO[C@@H]2[C@@H](OCc2ccc3ccccc3c2)[C@@H]1O[Si](C)(C)C(C)(C)C)Sc1ccccc1. The number of carbonyl (C=O) groups excluding carboxylic acids is 1. The Labute approximate surface area is 355 Å². The molecule has 0 aromatic heterocycles. The molecule has 0 amide bonds. The molecule has 1 unspecified atom stereocenters. The van der Waals surface area contributed by atoms with Gasteiger partial charge >= 0.3 is 5.97 Å². The highest BCUT2D eigenvalue weighted by molar-refractivity contribution is 7.99. The fourth-order valence-electron chi connectivity index (χ4n) is 7.91. The van der Waals surface area contributed by atoms with Gasteiger partial charge in [-0.3, -0.25) is 4.79 Å². The van der Waals surface area contributed by atoms with Crippen LogP contribution in [0.2, 0.25) is 18.1 Å². The van der Waals surface area contributed by atoms with Crippen molar-refractivity contribution in [1.29, 1.82) is 0 Å². The predicted molar refractivity (Wildman–Crippen MR) is 232 cm³/mol. The molecule has 4 aliphatic heterocycles. The Morgan fingerprint density at radius 2 is 1.63 bits per heavy atom. The van der Waals surface area contributed by atoms with Crippen LogP contribution < -0.4 is 0 Å². The van der Waals surface area contributed by atoms with Crippen LogP contribution in [-0.4, -0.2) is 101 Å². The Kier molecular flexibility index (Phi) is 14.9. The molecule has 320 valence electrons. The van der Waals surface area contributed by atoms with Gasteiger partial charge < -0.3 is 42.3 Å². The number of hydrogen-bond donors (Lipinski definition) is 0. The first-order chi connectivity index (χ1) is 28.4. The minimum Gasteiger partial charge on any atom is -0.469 e. The third-order valence-electron chi connectivity index (χ3n) is 12.2. The molecule has 11 atom stereocenters. The summed E-state index contributed by atoms with van der Waals surface area (Å²) in [7, 11) is -1.01. The predicted octanol–water partition coefficient (Wildman–Crippen LogP) is 9.16. The first-order valence-corrected chi connectivity index (χ1v) is 24.9. The lowest BCUT2D eigenvalue weighted by Crippen LogP contribution is -2.63. The second kappa shape index (κ2) is 19.9. The van der Waals surface area contributed by atoms with Crippen molar-refractivity contribution in [3.8, 4) is 0 Å². The smallest absolute Gasteiger partial charge is 0.308 e. The minimum atomic E-state index is -2.41. The molecular weight excluding hydrogens is 785 g/mol. The summed E-state index contributed by atoms with van der Waals surface area (Å²) in [6.07, 6.45) is 5.93. The molecule has 4 heterocycles. The monoisotopic (exact) mass is 846 g/mol. The van der Waals surface area contributed by atoms with E-state index in [4.69, 9.17) is 42.3 Å². The number of benzene rings is 3. The Hall–Kier alpha value is -2.88. The van der Waals surface area contributed by atoms with E-state index in [-0.39, 0.29) is 42.0 Å². The third-order valence-corrected chi connectivity index (χ3v) is 17.8. The van der Waals surface area contributed by atoms with Crippen molar-refractivity contribution in [1.82, 2.24) is 0 Å². The highest BCUT2D eigenvalue weighted by Gasteiger charge is 2.52. The van der Waals surface area contributed by atoms with E-state index in [0.717, 1.165) is 10.5 Å². The standard InChI is InChI=1S/C47H62O10SSi/c1-31-51-30-41-37(53-31)22-15-21-36(39(55-41)27-42(48)49-5)56-43(58-35-18-9-8-10-19-35)28-40-45(57-59(6,7)47(2,3)4)46(44-38(54-40)20-13-14-25-50-44)52-29-32-23-24-33-16-11-12-17-34(33)26-32/h8-19,22-24,26,31,36-41,43-46H,20-21,25,27-30H2,1-7H3/b22-15-/t31-,36-,37+,38+,39+,40-,41-,43?,44+,45-,46-/m1/s1. The molecule has 0 N–H and O–H groups in total. The second-order valence-corrected chi connectivity index (χ2v) is 23.4. The lowest BCUT2D eigenvalue weighted by atomic mass is 9.91. The van der Waals surface area contributed by atoms with Crippen LogP contribution in [0.5, 0.6) is 0 Å². The van der Waals surface area contributed by atoms with E-state index in [0.29, 0.717) is 39.1 Å². The van der Waals surface area contributed by atoms with Gasteiger partial charge in [0, 0.05) is 11.3 Å². The van der Waals surface area contributed by atoms with Crippen molar-refractivity contribution in [2.24, 2.45) is 0 Å². The lowest BCUT2D eigenvalue weighted by Gasteiger charge is -2.50. The molecule has 0 aliphatic carbocycles. The lowest BCUT2D eigenvalue weighted by molar-refractivity contribution is -0.261. The Balaban J connectivity index is 1.22. The van der Waals surface area contributed by atoms with Gasteiger partial charge in [0.1, 0.15) is 36.0 Å². The van der Waals surface area contributed by atoms with Crippen molar-refractivity contribution >= 4 is 36.8 Å². The van der Waals surface area contributed by atoms with Crippen LogP contribution >= 0.6 is 11.8 Å². The molecule has 7 rings (SSSR count). The zero-order valence-corrected chi connectivity index (χ0v) is 37.3. The summed E-state index contributed by atoms with van der Waals surface area (Å²) in [5.74, 6) is -0.375. The molecule has 10 nitrogen and oxygen atoms in total. The maximum atomic E-state index is 12.9. The van der Waals surface area contributed by atoms with Gasteiger partial charge in [0.2, 0.25) is 0 Å². The number of ether oxygens (including phenoxy) is 8. The molecule has 2 saturated heterocycles. The van der Waals surface area contributed by atoms with Crippen molar-refractivity contribution in [3.63, 3.8) is 0 Å². The summed E-state index contributed by atoms with van der Waals surface area (Å²) < 4.78 is 59.2. The summed E-state index contributed by atoms with van der Waals surface area (Å²) in [6, 6.07) is 25.1. The highest BCUT2D eigenvalue weighted by Crippen LogP contribution is 2.43. The van der Waals surface area contributed by atoms with Crippen LogP contribution in [0.1, 0.15) is 58.9 Å². The van der Waals surface area contributed by atoms with Crippen molar-refractivity contribution in [2.45, 2.75) is 150 Å². The largest absolute Gasteiger partial charge is 0.469 e. The first-order valence-electron chi connectivity index (χ1n) is 21.1. The molecule has 0 spiro atoms.